The van der Waals surface area contributed by atoms with Crippen LogP contribution in [0, 0.1) is 12.7 Å². The molecule has 0 atom stereocenters. The van der Waals surface area contributed by atoms with Crippen molar-refractivity contribution in [2.45, 2.75) is 26.7 Å². The number of halogens is 1. The number of hydrogen-bond donors (Lipinski definition) is 2. The number of aromatic amines is 2. The minimum absolute atomic E-state index is 0.343. The predicted molar refractivity (Wildman–Crippen MR) is 148 cm³/mol. The van der Waals surface area contributed by atoms with E-state index in [0.29, 0.717) is 39.3 Å². The van der Waals surface area contributed by atoms with E-state index in [1.807, 2.05) is 55.0 Å². The lowest BCUT2D eigenvalue weighted by Gasteiger charge is -2.16. The molecule has 1 aliphatic heterocycles. The van der Waals surface area contributed by atoms with Gasteiger partial charge in [0.2, 0.25) is 0 Å². The maximum atomic E-state index is 16.2. The maximum Gasteiger partial charge on any atom is 0.166 e. The number of nitrogens with zero attached hydrogens (tertiary/aromatic N) is 6. The number of nitrogens with one attached hydrogen (secondary N) is 2. The monoisotopic (exact) mass is 508 g/mol. The summed E-state index contributed by atoms with van der Waals surface area (Å²) < 4.78 is 18.0. The molecule has 1 aliphatic rings. The largest absolute Gasteiger partial charge is 0.336 e. The van der Waals surface area contributed by atoms with Crippen molar-refractivity contribution < 1.29 is 4.39 Å². The number of pyridine rings is 1. The standard InChI is InChI=1S/C29H29FN8/c1-4-19(16-37-12-6-7-13-37)14-20(5-2)21-8-9-22-24(25(21)30)27(36-35-22)28-33-23-10-11-31-29(26(23)34-28)38-15-18(3)32-17-38/h4-5,8-11,14-15,17H,1,6-7,12-13,16H2,2-3H3,(H,33,34)(H,35,36)/b19-14+,20-5+. The van der Waals surface area contributed by atoms with Gasteiger partial charge in [-0.2, -0.15) is 5.10 Å². The van der Waals surface area contributed by atoms with Crippen molar-refractivity contribution in [3.8, 4) is 17.3 Å². The van der Waals surface area contributed by atoms with Gasteiger partial charge in [-0.25, -0.2) is 19.3 Å². The van der Waals surface area contributed by atoms with Crippen LogP contribution in [0.1, 0.15) is 31.0 Å². The van der Waals surface area contributed by atoms with Crippen molar-refractivity contribution in [3.63, 3.8) is 0 Å². The molecule has 5 aromatic rings. The van der Waals surface area contributed by atoms with Gasteiger partial charge >= 0.3 is 0 Å². The van der Waals surface area contributed by atoms with Crippen LogP contribution in [-0.4, -0.2) is 59.2 Å². The molecule has 0 saturated carbocycles. The van der Waals surface area contributed by atoms with Crippen molar-refractivity contribution in [2.24, 2.45) is 0 Å². The van der Waals surface area contributed by atoms with Gasteiger partial charge in [-0.1, -0.05) is 24.8 Å². The van der Waals surface area contributed by atoms with Gasteiger partial charge in [0.1, 0.15) is 23.4 Å². The second-order valence-corrected chi connectivity index (χ2v) is 9.61. The third-order valence-electron chi connectivity index (χ3n) is 7.06. The van der Waals surface area contributed by atoms with E-state index in [9.17, 15) is 0 Å². The first-order chi connectivity index (χ1) is 18.6. The third kappa shape index (κ3) is 4.24. The van der Waals surface area contributed by atoms with Crippen molar-refractivity contribution in [3.05, 3.63) is 84.4 Å². The van der Waals surface area contributed by atoms with Crippen LogP contribution < -0.4 is 0 Å². The van der Waals surface area contributed by atoms with E-state index in [-0.39, 0.29) is 5.82 Å². The summed E-state index contributed by atoms with van der Waals surface area (Å²) in [5.74, 6) is 0.763. The molecule has 9 heteroatoms. The summed E-state index contributed by atoms with van der Waals surface area (Å²) >= 11 is 0. The fraction of sp³-hybridized carbons (Fsp3) is 0.241. The van der Waals surface area contributed by atoms with Crippen LogP contribution in [-0.2, 0) is 0 Å². The van der Waals surface area contributed by atoms with Crippen molar-refractivity contribution >= 4 is 27.5 Å². The minimum Gasteiger partial charge on any atom is -0.336 e. The summed E-state index contributed by atoms with van der Waals surface area (Å²) in [6.45, 7) is 10.8. The molecule has 5 heterocycles. The van der Waals surface area contributed by atoms with E-state index in [1.54, 1.807) is 18.6 Å². The molecule has 0 radical (unpaired) electrons. The third-order valence-corrected chi connectivity index (χ3v) is 7.06. The number of H-pyrrole nitrogens is 2. The summed E-state index contributed by atoms with van der Waals surface area (Å²) in [5, 5.41) is 7.80. The summed E-state index contributed by atoms with van der Waals surface area (Å²) in [6, 6.07) is 5.50. The normalized spacial score (nSPS) is 15.2. The molecular weight excluding hydrogens is 479 g/mol. The molecule has 4 aromatic heterocycles. The Balaban J connectivity index is 1.42. The zero-order valence-corrected chi connectivity index (χ0v) is 21.5. The van der Waals surface area contributed by atoms with Gasteiger partial charge in [0.25, 0.3) is 0 Å². The fourth-order valence-corrected chi connectivity index (χ4v) is 5.11. The summed E-state index contributed by atoms with van der Waals surface area (Å²) in [6.07, 6.45) is 13.6. The van der Waals surface area contributed by atoms with Gasteiger partial charge in [-0.05, 0) is 69.1 Å². The van der Waals surface area contributed by atoms with E-state index < -0.39 is 0 Å². The molecule has 0 spiro atoms. The maximum absolute atomic E-state index is 16.2. The van der Waals surface area contributed by atoms with Crippen molar-refractivity contribution in [2.75, 3.05) is 19.6 Å². The molecule has 0 bridgehead atoms. The minimum atomic E-state index is -0.343. The first-order valence-electron chi connectivity index (χ1n) is 12.8. The number of aryl methyl sites for hydroxylation is 1. The molecule has 1 saturated heterocycles. The molecule has 1 fully saturated rings. The van der Waals surface area contributed by atoms with Crippen LogP contribution in [0.3, 0.4) is 0 Å². The molecule has 38 heavy (non-hydrogen) atoms. The van der Waals surface area contributed by atoms with Crippen LogP contribution in [0.4, 0.5) is 4.39 Å². The highest BCUT2D eigenvalue weighted by Gasteiger charge is 2.21. The Morgan fingerprint density at radius 2 is 2.00 bits per heavy atom. The SMILES string of the molecule is C=C/C(=C\C(=C/C)c1ccc2[nH]nc(-c3nc4c(-n5cnc(C)c5)nccc4[nH]3)c2c1F)CN1CCCC1. The number of imidazole rings is 2. The van der Waals surface area contributed by atoms with Gasteiger partial charge in [0.15, 0.2) is 11.6 Å². The highest BCUT2D eigenvalue weighted by atomic mass is 19.1. The van der Waals surface area contributed by atoms with Crippen LogP contribution in [0.2, 0.25) is 0 Å². The number of fused-ring (bicyclic) bond motifs is 2. The predicted octanol–water partition coefficient (Wildman–Crippen LogP) is 5.75. The van der Waals surface area contributed by atoms with Gasteiger partial charge in [0.05, 0.1) is 22.1 Å². The second kappa shape index (κ2) is 9.83. The summed E-state index contributed by atoms with van der Waals surface area (Å²) in [4.78, 5) is 19.3. The number of aromatic nitrogens is 7. The van der Waals surface area contributed by atoms with E-state index in [4.69, 9.17) is 4.98 Å². The zero-order chi connectivity index (χ0) is 26.2. The highest BCUT2D eigenvalue weighted by Crippen LogP contribution is 2.33. The topological polar surface area (TPSA) is 91.3 Å². The van der Waals surface area contributed by atoms with E-state index >= 15 is 4.39 Å². The summed E-state index contributed by atoms with van der Waals surface area (Å²) in [5.41, 5.74) is 5.71. The van der Waals surface area contributed by atoms with E-state index in [0.717, 1.165) is 42.0 Å². The molecule has 1 aromatic carbocycles. The molecule has 2 N–H and O–H groups in total. The molecule has 8 nitrogen and oxygen atoms in total. The van der Waals surface area contributed by atoms with Gasteiger partial charge in [-0.15, -0.1) is 0 Å². The average molecular weight is 509 g/mol. The van der Waals surface area contributed by atoms with Crippen LogP contribution in [0.5, 0.6) is 0 Å². The lowest BCUT2D eigenvalue weighted by atomic mass is 9.99. The number of likely N-dealkylation sites (tertiary alicyclic amines) is 1. The Hall–Kier alpha value is -4.37. The molecular formula is C29H29FN8. The lowest BCUT2D eigenvalue weighted by Crippen LogP contribution is -2.21. The van der Waals surface area contributed by atoms with Crippen molar-refractivity contribution in [1.29, 1.82) is 0 Å². The average Bonchev–Trinajstić information content (AvgIpc) is 3.73. The van der Waals surface area contributed by atoms with Gasteiger partial charge in [0, 0.05) is 24.5 Å². The zero-order valence-electron chi connectivity index (χ0n) is 21.5. The Morgan fingerprint density at radius 1 is 1.16 bits per heavy atom. The molecule has 0 unspecified atom stereocenters. The van der Waals surface area contributed by atoms with Crippen molar-refractivity contribution in [1.82, 2.24) is 39.6 Å². The first kappa shape index (κ1) is 24.0. The number of allylic oxidation sites excluding steroid dienone is 3. The number of benzene rings is 1. The van der Waals surface area contributed by atoms with Crippen LogP contribution in [0.25, 0.3) is 44.8 Å². The first-order valence-corrected chi connectivity index (χ1v) is 12.8. The number of hydrogen-bond acceptors (Lipinski definition) is 5. The lowest BCUT2D eigenvalue weighted by molar-refractivity contribution is 0.371. The Labute approximate surface area is 219 Å². The number of rotatable bonds is 7. The van der Waals surface area contributed by atoms with E-state index in [1.165, 1.54) is 12.8 Å². The quantitative estimate of drug-likeness (QED) is 0.273. The molecule has 192 valence electrons. The summed E-state index contributed by atoms with van der Waals surface area (Å²) in [7, 11) is 0. The molecule has 0 amide bonds. The molecule has 0 aliphatic carbocycles. The van der Waals surface area contributed by atoms with Gasteiger partial charge < -0.3 is 4.98 Å². The van der Waals surface area contributed by atoms with E-state index in [2.05, 4.69) is 36.6 Å². The Kier molecular flexibility index (Phi) is 6.21. The van der Waals surface area contributed by atoms with Gasteiger partial charge in [-0.3, -0.25) is 14.6 Å². The van der Waals surface area contributed by atoms with Crippen LogP contribution >= 0.6 is 0 Å². The fourth-order valence-electron chi connectivity index (χ4n) is 5.11. The Bertz CT molecular complexity index is 1710. The van der Waals surface area contributed by atoms with Crippen LogP contribution in [0.15, 0.2) is 67.3 Å². The highest BCUT2D eigenvalue weighted by molar-refractivity contribution is 5.97. The Morgan fingerprint density at radius 3 is 2.74 bits per heavy atom. The molecule has 6 rings (SSSR count). The second-order valence-electron chi connectivity index (χ2n) is 9.61. The smallest absolute Gasteiger partial charge is 0.166 e.